The van der Waals surface area contributed by atoms with Crippen molar-refractivity contribution in [3.8, 4) is 11.5 Å². The topological polar surface area (TPSA) is 87.0 Å². The number of rotatable bonds is 8. The molecule has 150 valence electrons. The largest absolute Gasteiger partial charge is 0.493 e. The molecular weight excluding hydrogens is 376 g/mol. The number of hydrogen-bond acceptors (Lipinski definition) is 6. The first-order valence-corrected chi connectivity index (χ1v) is 8.11. The van der Waals surface area contributed by atoms with E-state index < -0.39 is 18.5 Å². The predicted molar refractivity (Wildman–Crippen MR) is 95.3 cm³/mol. The highest BCUT2D eigenvalue weighted by molar-refractivity contribution is 5.92. The minimum Gasteiger partial charge on any atom is -0.493 e. The van der Waals surface area contributed by atoms with Crippen molar-refractivity contribution in [3.63, 3.8) is 0 Å². The minimum atomic E-state index is -3.04. The summed E-state index contributed by atoms with van der Waals surface area (Å²) < 4.78 is 44.7. The van der Waals surface area contributed by atoms with Crippen LogP contribution >= 0.6 is 0 Å². The number of nitrogens with one attached hydrogen (secondary N) is 1. The average molecular weight is 395 g/mol. The number of aryl methyl sites for hydroxylation is 1. The number of ether oxygens (including phenoxy) is 3. The summed E-state index contributed by atoms with van der Waals surface area (Å²) in [4.78, 5) is 23.6. The van der Waals surface area contributed by atoms with Crippen molar-refractivity contribution in [2.24, 2.45) is 0 Å². The normalized spacial score (nSPS) is 10.9. The van der Waals surface area contributed by atoms with Crippen LogP contribution < -0.4 is 14.8 Å². The van der Waals surface area contributed by atoms with Gasteiger partial charge in [0.2, 0.25) is 5.91 Å². The Morgan fingerprint density at radius 3 is 2.68 bits per heavy atom. The lowest BCUT2D eigenvalue weighted by Crippen LogP contribution is -2.19. The highest BCUT2D eigenvalue weighted by Crippen LogP contribution is 2.33. The molecule has 0 aliphatic heterocycles. The standard InChI is InChI=1S/C19H19F2NO6/c1-11-14(18(24)26-3)9-13(27-11)10-22-16(23)8-7-12-5-4-6-15(25-2)17(12)28-19(20)21/h4-9,19H,10H2,1-3H3,(H,22,23). The van der Waals surface area contributed by atoms with E-state index in [0.29, 0.717) is 11.5 Å². The molecule has 0 aliphatic rings. The fourth-order valence-electron chi connectivity index (χ4n) is 2.38. The van der Waals surface area contributed by atoms with Crippen LogP contribution in [0.2, 0.25) is 0 Å². The number of furan rings is 1. The quantitative estimate of drug-likeness (QED) is 0.545. The zero-order chi connectivity index (χ0) is 20.7. The molecule has 0 bridgehead atoms. The summed E-state index contributed by atoms with van der Waals surface area (Å²) in [7, 11) is 2.58. The second-order valence-corrected chi connectivity index (χ2v) is 5.48. The molecule has 9 heteroatoms. The van der Waals surface area contributed by atoms with Gasteiger partial charge in [0.25, 0.3) is 0 Å². The van der Waals surface area contributed by atoms with E-state index in [1.807, 2.05) is 0 Å². The summed E-state index contributed by atoms with van der Waals surface area (Å²) in [6, 6.07) is 6.02. The number of carbonyl (C=O) groups excluding carboxylic acids is 2. The van der Waals surface area contributed by atoms with Gasteiger partial charge >= 0.3 is 12.6 Å². The third-order valence-electron chi connectivity index (χ3n) is 3.66. The Hall–Kier alpha value is -3.36. The number of amides is 1. The van der Waals surface area contributed by atoms with Gasteiger partial charge < -0.3 is 23.9 Å². The maximum atomic E-state index is 12.6. The molecule has 28 heavy (non-hydrogen) atoms. The first-order valence-electron chi connectivity index (χ1n) is 8.11. The number of esters is 1. The number of para-hydroxylation sites is 1. The van der Waals surface area contributed by atoms with Gasteiger partial charge in [0.05, 0.1) is 20.8 Å². The Morgan fingerprint density at radius 1 is 1.29 bits per heavy atom. The molecular formula is C19H19F2NO6. The van der Waals surface area contributed by atoms with Crippen LogP contribution in [-0.4, -0.2) is 32.7 Å². The second-order valence-electron chi connectivity index (χ2n) is 5.48. The molecule has 2 aromatic rings. The van der Waals surface area contributed by atoms with Crippen molar-refractivity contribution in [1.82, 2.24) is 5.32 Å². The maximum Gasteiger partial charge on any atom is 0.387 e. The van der Waals surface area contributed by atoms with Gasteiger partial charge in [0, 0.05) is 11.6 Å². The number of benzene rings is 1. The van der Waals surface area contributed by atoms with Crippen molar-refractivity contribution in [2.75, 3.05) is 14.2 Å². The number of hydrogen-bond donors (Lipinski definition) is 1. The zero-order valence-electron chi connectivity index (χ0n) is 15.5. The van der Waals surface area contributed by atoms with Gasteiger partial charge in [-0.05, 0) is 25.1 Å². The summed E-state index contributed by atoms with van der Waals surface area (Å²) in [6.45, 7) is -1.41. The van der Waals surface area contributed by atoms with E-state index in [2.05, 4.69) is 14.8 Å². The number of halogens is 2. The molecule has 0 saturated heterocycles. The lowest BCUT2D eigenvalue weighted by molar-refractivity contribution is -0.116. The van der Waals surface area contributed by atoms with Crippen molar-refractivity contribution in [1.29, 1.82) is 0 Å². The summed E-state index contributed by atoms with van der Waals surface area (Å²) in [5.41, 5.74) is 0.518. The lowest BCUT2D eigenvalue weighted by Gasteiger charge is -2.12. The Morgan fingerprint density at radius 2 is 2.04 bits per heavy atom. The predicted octanol–water partition coefficient (Wildman–Crippen LogP) is 3.31. The first-order chi connectivity index (χ1) is 13.3. The van der Waals surface area contributed by atoms with Crippen LogP contribution in [0.1, 0.15) is 27.4 Å². The monoisotopic (exact) mass is 395 g/mol. The Kier molecular flexibility index (Phi) is 7.14. The van der Waals surface area contributed by atoms with E-state index >= 15 is 0 Å². The minimum absolute atomic E-state index is 0.0273. The SMILES string of the molecule is COC(=O)c1cc(CNC(=O)C=Cc2cccc(OC)c2OC(F)F)oc1C. The van der Waals surface area contributed by atoms with Gasteiger partial charge in [-0.3, -0.25) is 4.79 Å². The Balaban J connectivity index is 2.05. The van der Waals surface area contributed by atoms with Crippen LogP contribution in [0.5, 0.6) is 11.5 Å². The Labute approximate surface area is 159 Å². The molecule has 0 spiro atoms. The molecule has 0 atom stereocenters. The first kappa shape index (κ1) is 20.9. The molecule has 0 saturated carbocycles. The molecule has 0 fully saturated rings. The van der Waals surface area contributed by atoms with E-state index in [1.165, 1.54) is 38.5 Å². The van der Waals surface area contributed by atoms with Crippen LogP contribution in [-0.2, 0) is 16.1 Å². The van der Waals surface area contributed by atoms with E-state index in [-0.39, 0.29) is 29.2 Å². The van der Waals surface area contributed by atoms with Crippen LogP contribution in [0, 0.1) is 6.92 Å². The van der Waals surface area contributed by atoms with Gasteiger partial charge in [0.15, 0.2) is 11.5 Å². The van der Waals surface area contributed by atoms with E-state index in [0.717, 1.165) is 6.08 Å². The smallest absolute Gasteiger partial charge is 0.387 e. The van der Waals surface area contributed by atoms with Crippen LogP contribution in [0.15, 0.2) is 34.8 Å². The molecule has 1 N–H and O–H groups in total. The number of methoxy groups -OCH3 is 2. The van der Waals surface area contributed by atoms with Crippen LogP contribution in [0.25, 0.3) is 6.08 Å². The van der Waals surface area contributed by atoms with Gasteiger partial charge in [0.1, 0.15) is 17.1 Å². The van der Waals surface area contributed by atoms with Gasteiger partial charge in [-0.25, -0.2) is 4.79 Å². The van der Waals surface area contributed by atoms with Crippen LogP contribution in [0.3, 0.4) is 0 Å². The number of alkyl halides is 2. The third-order valence-corrected chi connectivity index (χ3v) is 3.66. The molecule has 2 rings (SSSR count). The molecule has 1 amide bonds. The van der Waals surface area contributed by atoms with Crippen molar-refractivity contribution >= 4 is 18.0 Å². The fraction of sp³-hybridized carbons (Fsp3) is 0.263. The van der Waals surface area contributed by atoms with E-state index in [4.69, 9.17) is 9.15 Å². The van der Waals surface area contributed by atoms with E-state index in [9.17, 15) is 18.4 Å². The van der Waals surface area contributed by atoms with Gasteiger partial charge in [-0.15, -0.1) is 0 Å². The molecule has 1 heterocycles. The van der Waals surface area contributed by atoms with Crippen molar-refractivity contribution in [2.45, 2.75) is 20.1 Å². The highest BCUT2D eigenvalue weighted by atomic mass is 19.3. The van der Waals surface area contributed by atoms with Gasteiger partial charge in [-0.1, -0.05) is 12.1 Å². The summed E-state index contributed by atoms with van der Waals surface area (Å²) >= 11 is 0. The molecule has 0 radical (unpaired) electrons. The lowest BCUT2D eigenvalue weighted by atomic mass is 10.1. The second kappa shape index (κ2) is 9.54. The molecule has 1 aromatic heterocycles. The van der Waals surface area contributed by atoms with Crippen molar-refractivity contribution < 1.29 is 37.0 Å². The third kappa shape index (κ3) is 5.32. The average Bonchev–Trinajstić information content (AvgIpc) is 3.05. The van der Waals surface area contributed by atoms with Crippen LogP contribution in [0.4, 0.5) is 8.78 Å². The molecule has 0 unspecified atom stereocenters. The summed E-state index contributed by atoms with van der Waals surface area (Å²) in [5, 5.41) is 2.56. The fourth-order valence-corrected chi connectivity index (χ4v) is 2.38. The maximum absolute atomic E-state index is 12.6. The summed E-state index contributed by atoms with van der Waals surface area (Å²) in [5.74, 6) is -0.361. The van der Waals surface area contributed by atoms with E-state index in [1.54, 1.807) is 13.0 Å². The molecule has 7 nitrogen and oxygen atoms in total. The van der Waals surface area contributed by atoms with Gasteiger partial charge in [-0.2, -0.15) is 8.78 Å². The Bertz CT molecular complexity index is 875. The molecule has 0 aliphatic carbocycles. The highest BCUT2D eigenvalue weighted by Gasteiger charge is 2.16. The zero-order valence-corrected chi connectivity index (χ0v) is 15.5. The number of carbonyl (C=O) groups is 2. The summed E-state index contributed by atoms with van der Waals surface area (Å²) in [6.07, 6.45) is 2.48. The van der Waals surface area contributed by atoms with Crippen molar-refractivity contribution in [3.05, 3.63) is 53.0 Å². The molecule has 1 aromatic carbocycles.